The number of anilines is 1. The molecule has 7 nitrogen and oxygen atoms in total. The first kappa shape index (κ1) is 20.5. The molecule has 0 unspecified atom stereocenters. The quantitative estimate of drug-likeness (QED) is 0.704. The molecule has 1 aliphatic rings. The number of benzene rings is 1. The summed E-state index contributed by atoms with van der Waals surface area (Å²) in [7, 11) is 2.16. The summed E-state index contributed by atoms with van der Waals surface area (Å²) in [5.74, 6) is -0.143. The number of hydrogen-bond acceptors (Lipinski definition) is 5. The Morgan fingerprint density at radius 3 is 2.67 bits per heavy atom. The number of carbonyl (C=O) groups is 1. The number of rotatable bonds is 5. The molecule has 1 aliphatic heterocycles. The van der Waals surface area contributed by atoms with Crippen LogP contribution in [0.15, 0.2) is 36.5 Å². The summed E-state index contributed by atoms with van der Waals surface area (Å²) >= 11 is 0. The van der Waals surface area contributed by atoms with Crippen LogP contribution in [0.4, 0.5) is 5.69 Å². The smallest absolute Gasteiger partial charge is 0.257 e. The van der Waals surface area contributed by atoms with Crippen molar-refractivity contribution in [2.45, 2.75) is 33.4 Å². The van der Waals surface area contributed by atoms with Crippen molar-refractivity contribution < 1.29 is 4.79 Å². The highest BCUT2D eigenvalue weighted by Crippen LogP contribution is 2.21. The summed E-state index contributed by atoms with van der Waals surface area (Å²) in [6, 6.07) is 10.2. The fourth-order valence-corrected chi connectivity index (χ4v) is 3.88. The summed E-state index contributed by atoms with van der Waals surface area (Å²) in [5, 5.41) is 8.33. The summed E-state index contributed by atoms with van der Waals surface area (Å²) in [6.07, 6.45) is 1.77. The van der Waals surface area contributed by atoms with E-state index in [1.807, 2.05) is 29.8 Å². The van der Waals surface area contributed by atoms with Crippen LogP contribution >= 0.6 is 0 Å². The van der Waals surface area contributed by atoms with Crippen LogP contribution in [0.3, 0.4) is 0 Å². The van der Waals surface area contributed by atoms with Crippen LogP contribution in [-0.4, -0.2) is 63.7 Å². The van der Waals surface area contributed by atoms with Gasteiger partial charge in [0.25, 0.3) is 5.91 Å². The van der Waals surface area contributed by atoms with Crippen LogP contribution in [0, 0.1) is 6.92 Å². The van der Waals surface area contributed by atoms with Crippen molar-refractivity contribution in [3.05, 3.63) is 53.3 Å². The van der Waals surface area contributed by atoms with Gasteiger partial charge in [0.05, 0.1) is 17.5 Å². The molecule has 1 aromatic carbocycles. The molecule has 1 fully saturated rings. The number of likely N-dealkylation sites (N-methyl/N-ethyl adjacent to an activating group) is 1. The van der Waals surface area contributed by atoms with E-state index >= 15 is 0 Å². The number of nitrogens with one attached hydrogen (secondary N) is 1. The SMILES string of the molecule is Cc1nc2c(cnn2C(C)C)cc1C(=O)Nc1cccc(CN2CCN(C)CC2)c1. The van der Waals surface area contributed by atoms with E-state index in [1.165, 1.54) is 5.56 Å². The van der Waals surface area contributed by atoms with E-state index < -0.39 is 0 Å². The van der Waals surface area contributed by atoms with E-state index in [1.54, 1.807) is 6.20 Å². The van der Waals surface area contributed by atoms with Gasteiger partial charge in [0, 0.05) is 49.8 Å². The largest absolute Gasteiger partial charge is 0.322 e. The van der Waals surface area contributed by atoms with E-state index in [4.69, 9.17) is 0 Å². The van der Waals surface area contributed by atoms with Crippen molar-refractivity contribution in [1.82, 2.24) is 24.6 Å². The van der Waals surface area contributed by atoms with E-state index in [0.29, 0.717) is 11.3 Å². The Hall–Kier alpha value is -2.77. The van der Waals surface area contributed by atoms with E-state index in [-0.39, 0.29) is 11.9 Å². The van der Waals surface area contributed by atoms with Crippen LogP contribution in [-0.2, 0) is 6.54 Å². The fraction of sp³-hybridized carbons (Fsp3) is 0.435. The molecule has 4 rings (SSSR count). The van der Waals surface area contributed by atoms with Gasteiger partial charge in [-0.2, -0.15) is 5.10 Å². The lowest BCUT2D eigenvalue weighted by atomic mass is 10.1. The Labute approximate surface area is 177 Å². The van der Waals surface area contributed by atoms with Gasteiger partial charge in [0.1, 0.15) is 0 Å². The predicted octanol–water partition coefficient (Wildman–Crippen LogP) is 3.32. The number of aromatic nitrogens is 3. The summed E-state index contributed by atoms with van der Waals surface area (Å²) in [6.45, 7) is 11.2. The van der Waals surface area contributed by atoms with Gasteiger partial charge in [-0.25, -0.2) is 9.67 Å². The highest BCUT2D eigenvalue weighted by molar-refractivity contribution is 6.06. The predicted molar refractivity (Wildman–Crippen MR) is 120 cm³/mol. The van der Waals surface area contributed by atoms with Crippen molar-refractivity contribution in [1.29, 1.82) is 0 Å². The molecule has 0 saturated carbocycles. The Morgan fingerprint density at radius 1 is 1.17 bits per heavy atom. The van der Waals surface area contributed by atoms with Crippen molar-refractivity contribution in [3.63, 3.8) is 0 Å². The maximum atomic E-state index is 13.0. The molecule has 0 spiro atoms. The van der Waals surface area contributed by atoms with Crippen LogP contribution in [0.1, 0.15) is 41.5 Å². The Balaban J connectivity index is 1.49. The summed E-state index contributed by atoms with van der Waals surface area (Å²) < 4.78 is 1.88. The van der Waals surface area contributed by atoms with Crippen molar-refractivity contribution in [2.24, 2.45) is 0 Å². The first-order valence-electron chi connectivity index (χ1n) is 10.6. The summed E-state index contributed by atoms with van der Waals surface area (Å²) in [5.41, 5.74) is 4.12. The molecule has 1 N–H and O–H groups in total. The second-order valence-corrected chi connectivity index (χ2v) is 8.45. The molecule has 2 aromatic heterocycles. The summed E-state index contributed by atoms with van der Waals surface area (Å²) in [4.78, 5) is 22.4. The molecule has 158 valence electrons. The number of fused-ring (bicyclic) bond motifs is 1. The van der Waals surface area contributed by atoms with E-state index in [2.05, 4.69) is 58.2 Å². The zero-order valence-electron chi connectivity index (χ0n) is 18.2. The number of piperazine rings is 1. The van der Waals surface area contributed by atoms with Crippen LogP contribution in [0.25, 0.3) is 11.0 Å². The minimum absolute atomic E-state index is 0.143. The topological polar surface area (TPSA) is 66.3 Å². The van der Waals surface area contributed by atoms with E-state index in [0.717, 1.165) is 49.4 Å². The van der Waals surface area contributed by atoms with Gasteiger partial charge in [-0.05, 0) is 51.6 Å². The highest BCUT2D eigenvalue weighted by Gasteiger charge is 2.17. The number of hydrogen-bond donors (Lipinski definition) is 1. The third-order valence-corrected chi connectivity index (χ3v) is 5.68. The molecule has 3 aromatic rings. The minimum atomic E-state index is -0.143. The van der Waals surface area contributed by atoms with Gasteiger partial charge in [-0.3, -0.25) is 9.69 Å². The first-order chi connectivity index (χ1) is 14.4. The molecule has 30 heavy (non-hydrogen) atoms. The lowest BCUT2D eigenvalue weighted by molar-refractivity contribution is 0.102. The second-order valence-electron chi connectivity index (χ2n) is 8.45. The Kier molecular flexibility index (Phi) is 5.83. The maximum absolute atomic E-state index is 13.0. The maximum Gasteiger partial charge on any atom is 0.257 e. The standard InChI is InChI=1S/C23H30N6O/c1-16(2)29-22-19(14-24-29)13-21(17(3)25-22)23(30)26-20-7-5-6-18(12-20)15-28-10-8-27(4)9-11-28/h5-7,12-14,16H,8-11,15H2,1-4H3,(H,26,30). The van der Waals surface area contributed by atoms with Gasteiger partial charge in [-0.1, -0.05) is 12.1 Å². The van der Waals surface area contributed by atoms with Crippen molar-refractivity contribution in [2.75, 3.05) is 38.5 Å². The molecule has 3 heterocycles. The number of amides is 1. The third kappa shape index (κ3) is 4.37. The first-order valence-corrected chi connectivity index (χ1v) is 10.6. The van der Waals surface area contributed by atoms with E-state index in [9.17, 15) is 4.79 Å². The van der Waals surface area contributed by atoms with Gasteiger partial charge in [0.2, 0.25) is 0 Å². The normalized spacial score (nSPS) is 15.8. The van der Waals surface area contributed by atoms with Crippen molar-refractivity contribution >= 4 is 22.6 Å². The van der Waals surface area contributed by atoms with Gasteiger partial charge in [-0.15, -0.1) is 0 Å². The Morgan fingerprint density at radius 2 is 1.93 bits per heavy atom. The molecular weight excluding hydrogens is 376 g/mol. The molecule has 0 radical (unpaired) electrons. The third-order valence-electron chi connectivity index (χ3n) is 5.68. The van der Waals surface area contributed by atoms with Gasteiger partial charge < -0.3 is 10.2 Å². The number of nitrogens with zero attached hydrogens (tertiary/aromatic N) is 5. The zero-order valence-corrected chi connectivity index (χ0v) is 18.2. The lowest BCUT2D eigenvalue weighted by Gasteiger charge is -2.32. The molecule has 1 saturated heterocycles. The number of aryl methyl sites for hydroxylation is 1. The monoisotopic (exact) mass is 406 g/mol. The number of pyridine rings is 1. The molecule has 1 amide bonds. The fourth-order valence-electron chi connectivity index (χ4n) is 3.88. The zero-order chi connectivity index (χ0) is 21.3. The lowest BCUT2D eigenvalue weighted by Crippen LogP contribution is -2.43. The second kappa shape index (κ2) is 8.53. The molecule has 0 bridgehead atoms. The molecule has 0 atom stereocenters. The van der Waals surface area contributed by atoms with Gasteiger partial charge >= 0.3 is 0 Å². The minimum Gasteiger partial charge on any atom is -0.322 e. The molecule has 0 aliphatic carbocycles. The van der Waals surface area contributed by atoms with Gasteiger partial charge in [0.15, 0.2) is 5.65 Å². The van der Waals surface area contributed by atoms with Crippen molar-refractivity contribution in [3.8, 4) is 0 Å². The number of carbonyl (C=O) groups excluding carboxylic acids is 1. The Bertz CT molecular complexity index is 1050. The average molecular weight is 407 g/mol. The van der Waals surface area contributed by atoms with Crippen LogP contribution in [0.5, 0.6) is 0 Å². The molecular formula is C23H30N6O. The molecule has 7 heteroatoms. The highest BCUT2D eigenvalue weighted by atomic mass is 16.1. The van der Waals surface area contributed by atoms with Crippen LogP contribution < -0.4 is 5.32 Å². The average Bonchev–Trinajstić information content (AvgIpc) is 3.12. The van der Waals surface area contributed by atoms with Crippen LogP contribution in [0.2, 0.25) is 0 Å².